The highest BCUT2D eigenvalue weighted by Crippen LogP contribution is 2.45. The molecule has 2 aromatic carbocycles. The summed E-state index contributed by atoms with van der Waals surface area (Å²) in [5.74, 6) is 1.57. The fourth-order valence-electron chi connectivity index (χ4n) is 7.69. The molecule has 8 rings (SSSR count). The third-order valence-corrected chi connectivity index (χ3v) is 11.4. The Labute approximate surface area is 336 Å². The van der Waals surface area contributed by atoms with Crippen LogP contribution in [0.5, 0.6) is 5.75 Å². The molecule has 4 aliphatic heterocycles. The number of nitrogens with zero attached hydrogens (tertiary/aromatic N) is 8. The van der Waals surface area contributed by atoms with Crippen LogP contribution in [0.25, 0.3) is 0 Å². The van der Waals surface area contributed by atoms with Crippen LogP contribution in [-0.4, -0.2) is 109 Å². The number of hydrogen-bond acceptors (Lipinski definition) is 11. The number of rotatable bonds is 8. The number of ether oxygens (including phenoxy) is 3. The highest BCUT2D eigenvalue weighted by Gasteiger charge is 2.61. The van der Waals surface area contributed by atoms with Crippen molar-refractivity contribution >= 4 is 23.5 Å². The van der Waals surface area contributed by atoms with Crippen molar-refractivity contribution in [3.63, 3.8) is 0 Å². The Kier molecular flexibility index (Phi) is 11.6. The van der Waals surface area contributed by atoms with Crippen LogP contribution in [0.4, 0.5) is 49.9 Å². The van der Waals surface area contributed by atoms with Crippen LogP contribution in [0.2, 0.25) is 0 Å². The Morgan fingerprint density at radius 1 is 0.661 bits per heavy atom. The summed E-state index contributed by atoms with van der Waals surface area (Å²) in [6.45, 7) is 5.51. The Morgan fingerprint density at radius 3 is 1.58 bits per heavy atom. The standard InChI is InChI=1S/C21H25F3N4O3.C19H21F3N4O2/c1-20(21(22,23)24)14-27-18(29)13-17(26-9-11-31-12-10-26)25-19(27)28(20)8-7-15-3-5-16(30-2)6-4-15;1-18(19(20,21)22)13-25-16(27)11-15(24-7-9-28-10-8-24)23-17(25)26(18)12-14-5-3-2-4-6-14/h3-6,13H,7-12,14H2,1-2H3;2-6,11H,7-10,12-13H2,1H3/t;18-/m.0/s1. The Bertz CT molecular complexity index is 2210. The van der Waals surface area contributed by atoms with E-state index in [0.29, 0.717) is 76.4 Å². The molecule has 2 fully saturated rings. The number of anilines is 4. The topological polar surface area (TPSA) is 110 Å². The molecule has 0 saturated carbocycles. The second-order valence-corrected chi connectivity index (χ2v) is 15.2. The van der Waals surface area contributed by atoms with Gasteiger partial charge in [0.25, 0.3) is 11.1 Å². The quantitative estimate of drug-likeness (QED) is 0.227. The molecule has 4 aromatic rings. The smallest absolute Gasteiger partial charge is 0.413 e. The number of alkyl halides is 6. The summed E-state index contributed by atoms with van der Waals surface area (Å²) < 4.78 is 103. The van der Waals surface area contributed by atoms with Gasteiger partial charge in [0, 0.05) is 51.4 Å². The van der Waals surface area contributed by atoms with E-state index < -0.39 is 47.6 Å². The molecule has 6 heterocycles. The summed E-state index contributed by atoms with van der Waals surface area (Å²) in [5, 5.41) is 0. The SMILES string of the molecule is COc1ccc(CCN2c3nc(N4CCOCC4)cc(=O)n3CC2(C)C(F)(F)F)cc1.C[C@@]1(C(F)(F)F)Cn2c(nc(N3CCOCC3)cc2=O)N1Cc1ccccc1. The molecule has 0 aliphatic carbocycles. The van der Waals surface area contributed by atoms with Gasteiger partial charge in [-0.05, 0) is 43.5 Å². The van der Waals surface area contributed by atoms with Crippen LogP contribution in [0.1, 0.15) is 25.0 Å². The number of morpholine rings is 2. The molecular formula is C40H46F6N8O5. The molecule has 59 heavy (non-hydrogen) atoms. The fourth-order valence-corrected chi connectivity index (χ4v) is 7.69. The lowest BCUT2D eigenvalue weighted by molar-refractivity contribution is -0.183. The average molecular weight is 833 g/mol. The molecule has 4 aliphatic rings. The zero-order valence-corrected chi connectivity index (χ0v) is 32.9. The first-order chi connectivity index (χ1) is 28.0. The van der Waals surface area contributed by atoms with E-state index >= 15 is 0 Å². The van der Waals surface area contributed by atoms with Crippen LogP contribution >= 0.6 is 0 Å². The van der Waals surface area contributed by atoms with Crippen LogP contribution < -0.4 is 35.5 Å². The zero-order valence-electron chi connectivity index (χ0n) is 32.9. The minimum atomic E-state index is -4.54. The first kappa shape index (κ1) is 41.8. The number of aromatic nitrogens is 4. The lowest BCUT2D eigenvalue weighted by atomic mass is 10.00. The van der Waals surface area contributed by atoms with Gasteiger partial charge in [-0.25, -0.2) is 0 Å². The second-order valence-electron chi connectivity index (χ2n) is 15.2. The van der Waals surface area contributed by atoms with Crippen molar-refractivity contribution in [2.45, 2.75) is 63.3 Å². The molecular weight excluding hydrogens is 786 g/mol. The normalized spacial score (nSPS) is 21.8. The molecule has 19 heteroatoms. The first-order valence-corrected chi connectivity index (χ1v) is 19.3. The van der Waals surface area contributed by atoms with E-state index in [-0.39, 0.29) is 25.0 Å². The highest BCUT2D eigenvalue weighted by atomic mass is 19.4. The molecule has 0 bridgehead atoms. The third-order valence-electron chi connectivity index (χ3n) is 11.4. The third kappa shape index (κ3) is 8.31. The predicted octanol–water partition coefficient (Wildman–Crippen LogP) is 4.89. The lowest BCUT2D eigenvalue weighted by Gasteiger charge is -2.37. The van der Waals surface area contributed by atoms with Gasteiger partial charge in [0.15, 0.2) is 11.1 Å². The highest BCUT2D eigenvalue weighted by molar-refractivity contribution is 5.52. The van der Waals surface area contributed by atoms with Crippen LogP contribution in [0.3, 0.4) is 0 Å². The molecule has 0 N–H and O–H groups in total. The summed E-state index contributed by atoms with van der Waals surface area (Å²) in [5.41, 5.74) is -3.80. The van der Waals surface area contributed by atoms with Crippen LogP contribution in [0, 0.1) is 0 Å². The molecule has 2 aromatic heterocycles. The molecule has 2 atom stereocenters. The van der Waals surface area contributed by atoms with E-state index in [4.69, 9.17) is 14.2 Å². The van der Waals surface area contributed by atoms with Gasteiger partial charge in [-0.1, -0.05) is 42.5 Å². The molecule has 0 radical (unpaired) electrons. The molecule has 2 saturated heterocycles. The average Bonchev–Trinajstić information content (AvgIpc) is 3.70. The van der Waals surface area contributed by atoms with Gasteiger partial charge in [-0.15, -0.1) is 0 Å². The minimum Gasteiger partial charge on any atom is -0.497 e. The van der Waals surface area contributed by atoms with Gasteiger partial charge in [-0.3, -0.25) is 18.7 Å². The Balaban J connectivity index is 0.000000180. The van der Waals surface area contributed by atoms with Crippen molar-refractivity contribution < 1.29 is 40.6 Å². The molecule has 1 unspecified atom stereocenters. The largest absolute Gasteiger partial charge is 0.497 e. The van der Waals surface area contributed by atoms with Gasteiger partial charge in [0.05, 0.1) is 46.6 Å². The second kappa shape index (κ2) is 16.4. The predicted molar refractivity (Wildman–Crippen MR) is 209 cm³/mol. The maximum Gasteiger partial charge on any atom is 0.413 e. The maximum absolute atomic E-state index is 14.1. The minimum absolute atomic E-state index is 0.00978. The van der Waals surface area contributed by atoms with E-state index in [1.165, 1.54) is 21.9 Å². The summed E-state index contributed by atoms with van der Waals surface area (Å²) in [6, 6.07) is 18.7. The van der Waals surface area contributed by atoms with E-state index in [2.05, 4.69) is 9.97 Å². The van der Waals surface area contributed by atoms with Gasteiger partial charge in [-0.2, -0.15) is 36.3 Å². The van der Waals surface area contributed by atoms with Gasteiger partial charge in [0.2, 0.25) is 11.9 Å². The monoisotopic (exact) mass is 832 g/mol. The Morgan fingerprint density at radius 2 is 1.12 bits per heavy atom. The van der Waals surface area contributed by atoms with Crippen molar-refractivity contribution in [1.82, 2.24) is 19.1 Å². The lowest BCUT2D eigenvalue weighted by Crippen LogP contribution is -2.56. The van der Waals surface area contributed by atoms with Gasteiger partial charge < -0.3 is 33.8 Å². The van der Waals surface area contributed by atoms with Crippen molar-refractivity contribution in [2.24, 2.45) is 0 Å². The van der Waals surface area contributed by atoms with Gasteiger partial charge in [0.1, 0.15) is 17.4 Å². The van der Waals surface area contributed by atoms with E-state index in [1.54, 1.807) is 43.5 Å². The fraction of sp³-hybridized carbons (Fsp3) is 0.500. The summed E-state index contributed by atoms with van der Waals surface area (Å²) in [6.07, 6.45) is -8.69. The van der Waals surface area contributed by atoms with E-state index in [0.717, 1.165) is 34.1 Å². The number of benzene rings is 2. The van der Waals surface area contributed by atoms with Crippen molar-refractivity contribution in [1.29, 1.82) is 0 Å². The van der Waals surface area contributed by atoms with E-state index in [1.807, 2.05) is 28.0 Å². The van der Waals surface area contributed by atoms with Gasteiger partial charge >= 0.3 is 12.4 Å². The Hall–Kier alpha value is -5.30. The van der Waals surface area contributed by atoms with Crippen LogP contribution in [0.15, 0.2) is 76.3 Å². The van der Waals surface area contributed by atoms with Crippen molar-refractivity contribution in [3.05, 3.63) is 98.6 Å². The zero-order chi connectivity index (χ0) is 42.2. The molecule has 0 amide bonds. The number of methoxy groups -OCH3 is 1. The molecule has 0 spiro atoms. The first-order valence-electron chi connectivity index (χ1n) is 19.3. The van der Waals surface area contributed by atoms with Crippen molar-refractivity contribution in [3.8, 4) is 5.75 Å². The summed E-state index contributed by atoms with van der Waals surface area (Å²) in [4.78, 5) is 40.6. The van der Waals surface area contributed by atoms with Crippen molar-refractivity contribution in [2.75, 3.05) is 85.9 Å². The number of halogens is 6. The van der Waals surface area contributed by atoms with Crippen LogP contribution in [-0.2, 0) is 35.5 Å². The number of fused-ring (bicyclic) bond motifs is 2. The maximum atomic E-state index is 14.1. The van der Waals surface area contributed by atoms with E-state index in [9.17, 15) is 35.9 Å². The molecule has 13 nitrogen and oxygen atoms in total. The number of hydrogen-bond donors (Lipinski definition) is 0. The summed E-state index contributed by atoms with van der Waals surface area (Å²) in [7, 11) is 1.56. The molecule has 318 valence electrons. The summed E-state index contributed by atoms with van der Waals surface area (Å²) >= 11 is 0.